The Morgan fingerprint density at radius 3 is 2.12 bits per heavy atom. The van der Waals surface area contributed by atoms with Crippen LogP contribution in [-0.4, -0.2) is 15.0 Å². The van der Waals surface area contributed by atoms with Crippen LogP contribution in [0.3, 0.4) is 0 Å². The molecule has 0 aliphatic carbocycles. The van der Waals surface area contributed by atoms with Crippen molar-refractivity contribution in [2.75, 3.05) is 0 Å². The van der Waals surface area contributed by atoms with Crippen molar-refractivity contribution in [2.45, 2.75) is 0 Å². The smallest absolute Gasteiger partial charge is 0.141 e. The van der Waals surface area contributed by atoms with Gasteiger partial charge in [0.15, 0.2) is 0 Å². The summed E-state index contributed by atoms with van der Waals surface area (Å²) in [5.74, 6) is 0.831. The summed E-state index contributed by atoms with van der Waals surface area (Å²) in [5, 5.41) is 0.956. The molecule has 0 fully saturated rings. The zero-order valence-corrected chi connectivity index (χ0v) is 18.0. The van der Waals surface area contributed by atoms with Gasteiger partial charge >= 0.3 is 0 Å². The average molecular weight is 430 g/mol. The number of aromatic amines is 1. The van der Waals surface area contributed by atoms with Gasteiger partial charge in [0.2, 0.25) is 0 Å². The first-order valence-electron chi connectivity index (χ1n) is 10.5. The van der Waals surface area contributed by atoms with Crippen LogP contribution >= 0.6 is 11.3 Å². The van der Waals surface area contributed by atoms with Crippen molar-refractivity contribution >= 4 is 44.2 Å². The molecule has 32 heavy (non-hydrogen) atoms. The van der Waals surface area contributed by atoms with E-state index in [4.69, 9.17) is 9.97 Å². The second-order valence-corrected chi connectivity index (χ2v) is 8.67. The third kappa shape index (κ3) is 3.51. The van der Waals surface area contributed by atoms with Gasteiger partial charge in [0.1, 0.15) is 10.8 Å². The molecule has 0 atom stereocenters. The van der Waals surface area contributed by atoms with E-state index < -0.39 is 0 Å². The fourth-order valence-corrected chi connectivity index (χ4v) is 4.85. The lowest BCUT2D eigenvalue weighted by atomic mass is 10.0. The number of fused-ring (bicyclic) bond motifs is 2. The van der Waals surface area contributed by atoms with Crippen molar-refractivity contribution in [2.24, 2.45) is 0 Å². The zero-order chi connectivity index (χ0) is 21.3. The Hall–Kier alpha value is -4.02. The van der Waals surface area contributed by atoms with Crippen LogP contribution in [0.5, 0.6) is 0 Å². The second kappa shape index (κ2) is 7.91. The van der Waals surface area contributed by atoms with Crippen LogP contribution in [0.25, 0.3) is 44.0 Å². The van der Waals surface area contributed by atoms with Gasteiger partial charge < -0.3 is 4.98 Å². The number of imidazole rings is 1. The van der Waals surface area contributed by atoms with E-state index in [1.54, 1.807) is 11.3 Å². The molecule has 0 spiro atoms. The van der Waals surface area contributed by atoms with Crippen LogP contribution in [0.2, 0.25) is 0 Å². The lowest BCUT2D eigenvalue weighted by Crippen LogP contribution is -1.90. The molecule has 2 heterocycles. The summed E-state index contributed by atoms with van der Waals surface area (Å²) >= 11 is 1.69. The van der Waals surface area contributed by atoms with Crippen LogP contribution in [0.15, 0.2) is 103 Å². The van der Waals surface area contributed by atoms with Gasteiger partial charge in [-0.1, -0.05) is 78.9 Å². The molecule has 0 radical (unpaired) electrons. The first-order chi connectivity index (χ1) is 15.8. The van der Waals surface area contributed by atoms with Crippen molar-refractivity contribution in [1.82, 2.24) is 15.0 Å². The minimum atomic E-state index is 0.831. The Balaban J connectivity index is 1.48. The number of hydrogen-bond acceptors (Lipinski definition) is 3. The van der Waals surface area contributed by atoms with Crippen LogP contribution in [-0.2, 0) is 0 Å². The Morgan fingerprint density at radius 2 is 1.34 bits per heavy atom. The molecule has 6 rings (SSSR count). The molecule has 0 bridgehead atoms. The van der Waals surface area contributed by atoms with Crippen LogP contribution < -0.4 is 0 Å². The van der Waals surface area contributed by atoms with Crippen molar-refractivity contribution in [3.05, 3.63) is 120 Å². The van der Waals surface area contributed by atoms with E-state index in [-0.39, 0.29) is 0 Å². The van der Waals surface area contributed by atoms with Crippen LogP contribution in [0.4, 0.5) is 0 Å². The maximum atomic E-state index is 4.91. The molecule has 152 valence electrons. The molecule has 0 unspecified atom stereocenters. The summed E-state index contributed by atoms with van der Waals surface area (Å²) in [6, 6.07) is 35.4. The van der Waals surface area contributed by atoms with Gasteiger partial charge in [-0.2, -0.15) is 0 Å². The zero-order valence-electron chi connectivity index (χ0n) is 17.2. The number of rotatable bonds is 4. The summed E-state index contributed by atoms with van der Waals surface area (Å²) in [5.41, 5.74) is 7.51. The summed E-state index contributed by atoms with van der Waals surface area (Å²) in [7, 11) is 0. The van der Waals surface area contributed by atoms with Crippen molar-refractivity contribution < 1.29 is 0 Å². The lowest BCUT2D eigenvalue weighted by molar-refractivity contribution is 1.25. The highest BCUT2D eigenvalue weighted by molar-refractivity contribution is 7.19. The second-order valence-electron chi connectivity index (χ2n) is 7.64. The predicted octanol–water partition coefficient (Wildman–Crippen LogP) is 7.43. The summed E-state index contributed by atoms with van der Waals surface area (Å²) in [6.45, 7) is 0. The standard InChI is InChI=1S/C28H19N3S/c1-2-8-20(9-3-1)21-16-14-19(15-17-21)18-22(27-29-23-10-4-5-11-24(23)30-27)28-31-25-12-6-7-13-26(25)32-28/h1-18H,(H,29,30)/b22-18+. The van der Waals surface area contributed by atoms with Crippen molar-refractivity contribution in [3.8, 4) is 11.1 Å². The number of para-hydroxylation sites is 3. The molecule has 3 nitrogen and oxygen atoms in total. The molecule has 0 aliphatic heterocycles. The van der Waals surface area contributed by atoms with Gasteiger partial charge in [-0.15, -0.1) is 11.3 Å². The van der Waals surface area contributed by atoms with Gasteiger partial charge in [-0.25, -0.2) is 9.97 Å². The summed E-state index contributed by atoms with van der Waals surface area (Å²) in [4.78, 5) is 13.3. The largest absolute Gasteiger partial charge is 0.338 e. The molecule has 0 amide bonds. The van der Waals surface area contributed by atoms with E-state index >= 15 is 0 Å². The van der Waals surface area contributed by atoms with Gasteiger partial charge in [0.05, 0.1) is 26.8 Å². The quantitative estimate of drug-likeness (QED) is 0.317. The highest BCUT2D eigenvalue weighted by atomic mass is 32.1. The van der Waals surface area contributed by atoms with Gasteiger partial charge in [-0.3, -0.25) is 0 Å². The number of benzene rings is 4. The highest BCUT2D eigenvalue weighted by Crippen LogP contribution is 2.32. The molecule has 2 aromatic heterocycles. The monoisotopic (exact) mass is 429 g/mol. The minimum absolute atomic E-state index is 0.831. The molecule has 6 aromatic rings. The van der Waals surface area contributed by atoms with Crippen LogP contribution in [0.1, 0.15) is 16.4 Å². The molecule has 4 aromatic carbocycles. The third-order valence-corrected chi connectivity index (χ3v) is 6.57. The van der Waals surface area contributed by atoms with E-state index in [2.05, 4.69) is 83.9 Å². The molecular formula is C28H19N3S. The Morgan fingerprint density at radius 1 is 0.656 bits per heavy atom. The fourth-order valence-electron chi connectivity index (χ4n) is 3.87. The molecule has 1 N–H and O–H groups in total. The number of thiazole rings is 1. The van der Waals surface area contributed by atoms with Crippen molar-refractivity contribution in [3.63, 3.8) is 0 Å². The number of aromatic nitrogens is 3. The Kier molecular flexibility index (Phi) is 4.63. The molecule has 4 heteroatoms. The van der Waals surface area contributed by atoms with E-state index in [9.17, 15) is 0 Å². The van der Waals surface area contributed by atoms with E-state index in [0.717, 1.165) is 38.5 Å². The van der Waals surface area contributed by atoms with Gasteiger partial charge in [0.25, 0.3) is 0 Å². The predicted molar refractivity (Wildman–Crippen MR) is 135 cm³/mol. The molecule has 0 aliphatic rings. The van der Waals surface area contributed by atoms with Gasteiger partial charge in [-0.05, 0) is 47.0 Å². The topological polar surface area (TPSA) is 41.6 Å². The van der Waals surface area contributed by atoms with E-state index in [1.807, 2.05) is 30.3 Å². The summed E-state index contributed by atoms with van der Waals surface area (Å²) < 4.78 is 1.17. The maximum absolute atomic E-state index is 4.91. The van der Waals surface area contributed by atoms with Gasteiger partial charge in [0, 0.05) is 0 Å². The number of nitrogens with one attached hydrogen (secondary N) is 1. The SMILES string of the molecule is C(=C(/c1nc2ccccc2[nH]1)c1nc2ccccc2s1)/c1ccc(-c2ccccc2)cc1. The maximum Gasteiger partial charge on any atom is 0.141 e. The molecule has 0 saturated carbocycles. The third-order valence-electron chi connectivity index (χ3n) is 5.50. The Labute approximate surface area is 189 Å². The number of nitrogens with zero attached hydrogens (tertiary/aromatic N) is 2. The van der Waals surface area contributed by atoms with Crippen molar-refractivity contribution in [1.29, 1.82) is 0 Å². The fraction of sp³-hybridized carbons (Fsp3) is 0. The molecular weight excluding hydrogens is 410 g/mol. The van der Waals surface area contributed by atoms with E-state index in [1.165, 1.54) is 15.8 Å². The first kappa shape index (κ1) is 18.7. The number of H-pyrrole nitrogens is 1. The highest BCUT2D eigenvalue weighted by Gasteiger charge is 2.15. The normalized spacial score (nSPS) is 11.9. The van der Waals surface area contributed by atoms with Crippen LogP contribution in [0, 0.1) is 0 Å². The van der Waals surface area contributed by atoms with E-state index in [0.29, 0.717) is 0 Å². The number of hydrogen-bond donors (Lipinski definition) is 1. The lowest BCUT2D eigenvalue weighted by Gasteiger charge is -2.04. The minimum Gasteiger partial charge on any atom is -0.338 e. The average Bonchev–Trinajstić information content (AvgIpc) is 3.47. The first-order valence-corrected chi connectivity index (χ1v) is 11.3. The Bertz CT molecular complexity index is 1420. The molecule has 0 saturated heterocycles. The summed E-state index contributed by atoms with van der Waals surface area (Å²) in [6.07, 6.45) is 2.17.